The fourth-order valence-corrected chi connectivity index (χ4v) is 3.45. The quantitative estimate of drug-likeness (QED) is 0.841. The van der Waals surface area contributed by atoms with Crippen molar-refractivity contribution in [2.24, 2.45) is 0 Å². The molecule has 1 fully saturated rings. The van der Waals surface area contributed by atoms with Crippen molar-refractivity contribution in [1.82, 2.24) is 10.3 Å². The number of para-hydroxylation sites is 1. The molecule has 2 nitrogen and oxygen atoms in total. The molecule has 1 N–H and O–H groups in total. The molecule has 1 saturated carbocycles. The molecule has 0 aliphatic heterocycles. The predicted molar refractivity (Wildman–Crippen MR) is 85.0 cm³/mol. The standard InChI is InChI=1S/C18H24N2/c1-2-19-17-9-5-3-7-14(12-17)16-11-15-8-4-6-10-18(15)20-13-16/h4,6,8,10-11,13-14,17,19H,2-3,5,7,9,12H2,1H3. The number of pyridine rings is 1. The Morgan fingerprint density at radius 2 is 2.05 bits per heavy atom. The summed E-state index contributed by atoms with van der Waals surface area (Å²) in [5, 5.41) is 4.91. The lowest BCUT2D eigenvalue weighted by atomic mass is 9.90. The lowest BCUT2D eigenvalue weighted by Gasteiger charge is -2.21. The molecule has 1 aromatic carbocycles. The molecular weight excluding hydrogens is 244 g/mol. The zero-order valence-electron chi connectivity index (χ0n) is 12.3. The van der Waals surface area contributed by atoms with Crippen molar-refractivity contribution >= 4 is 10.9 Å². The van der Waals surface area contributed by atoms with Crippen LogP contribution >= 0.6 is 0 Å². The highest BCUT2D eigenvalue weighted by Crippen LogP contribution is 2.32. The van der Waals surface area contributed by atoms with E-state index in [1.54, 1.807) is 0 Å². The third kappa shape index (κ3) is 3.01. The maximum atomic E-state index is 4.64. The topological polar surface area (TPSA) is 24.9 Å². The van der Waals surface area contributed by atoms with Gasteiger partial charge in [-0.25, -0.2) is 0 Å². The monoisotopic (exact) mass is 268 g/mol. The van der Waals surface area contributed by atoms with Crippen LogP contribution in [0.15, 0.2) is 36.5 Å². The lowest BCUT2D eigenvalue weighted by Crippen LogP contribution is -2.29. The van der Waals surface area contributed by atoms with Crippen LogP contribution in [-0.4, -0.2) is 17.6 Å². The van der Waals surface area contributed by atoms with Crippen molar-refractivity contribution in [3.63, 3.8) is 0 Å². The van der Waals surface area contributed by atoms with Gasteiger partial charge < -0.3 is 5.32 Å². The summed E-state index contributed by atoms with van der Waals surface area (Å²) in [5.74, 6) is 0.665. The van der Waals surface area contributed by atoms with E-state index in [0.29, 0.717) is 12.0 Å². The molecule has 0 spiro atoms. The summed E-state index contributed by atoms with van der Waals surface area (Å²) >= 11 is 0. The van der Waals surface area contributed by atoms with E-state index >= 15 is 0 Å². The van der Waals surface area contributed by atoms with Crippen molar-refractivity contribution in [3.05, 3.63) is 42.1 Å². The summed E-state index contributed by atoms with van der Waals surface area (Å²) in [5.41, 5.74) is 2.53. The summed E-state index contributed by atoms with van der Waals surface area (Å²) < 4.78 is 0. The first-order valence-corrected chi connectivity index (χ1v) is 7.95. The molecule has 0 amide bonds. The Morgan fingerprint density at radius 3 is 2.95 bits per heavy atom. The van der Waals surface area contributed by atoms with Gasteiger partial charge in [0.2, 0.25) is 0 Å². The average molecular weight is 268 g/mol. The van der Waals surface area contributed by atoms with Crippen LogP contribution in [0, 0.1) is 0 Å². The Bertz CT molecular complexity index is 564. The summed E-state index contributed by atoms with van der Waals surface area (Å²) in [6.45, 7) is 3.28. The van der Waals surface area contributed by atoms with Crippen LogP contribution in [0.2, 0.25) is 0 Å². The van der Waals surface area contributed by atoms with Gasteiger partial charge >= 0.3 is 0 Å². The lowest BCUT2D eigenvalue weighted by molar-refractivity contribution is 0.449. The van der Waals surface area contributed by atoms with Gasteiger partial charge in [-0.05, 0) is 49.4 Å². The van der Waals surface area contributed by atoms with Crippen LogP contribution in [0.4, 0.5) is 0 Å². The molecule has 2 atom stereocenters. The predicted octanol–water partition coefficient (Wildman–Crippen LogP) is 4.26. The molecule has 2 heteroatoms. The van der Waals surface area contributed by atoms with E-state index < -0.39 is 0 Å². The van der Waals surface area contributed by atoms with E-state index in [0.717, 1.165) is 12.1 Å². The van der Waals surface area contributed by atoms with Gasteiger partial charge in [-0.3, -0.25) is 4.98 Å². The molecular formula is C18H24N2. The van der Waals surface area contributed by atoms with Crippen LogP contribution in [0.1, 0.15) is 50.5 Å². The van der Waals surface area contributed by atoms with Gasteiger partial charge in [-0.2, -0.15) is 0 Å². The van der Waals surface area contributed by atoms with Gasteiger partial charge in [0.1, 0.15) is 0 Å². The number of aromatic nitrogens is 1. The van der Waals surface area contributed by atoms with E-state index in [9.17, 15) is 0 Å². The molecule has 0 bridgehead atoms. The van der Waals surface area contributed by atoms with Crippen molar-refractivity contribution in [2.75, 3.05) is 6.54 Å². The van der Waals surface area contributed by atoms with Crippen LogP contribution in [0.5, 0.6) is 0 Å². The Hall–Kier alpha value is -1.41. The number of nitrogens with zero attached hydrogens (tertiary/aromatic N) is 1. The highest BCUT2D eigenvalue weighted by molar-refractivity contribution is 5.78. The van der Waals surface area contributed by atoms with E-state index in [1.165, 1.54) is 43.1 Å². The highest BCUT2D eigenvalue weighted by atomic mass is 14.9. The molecule has 2 aromatic rings. The van der Waals surface area contributed by atoms with Crippen LogP contribution < -0.4 is 5.32 Å². The smallest absolute Gasteiger partial charge is 0.0702 e. The highest BCUT2D eigenvalue weighted by Gasteiger charge is 2.21. The van der Waals surface area contributed by atoms with E-state index in [4.69, 9.17) is 0 Å². The molecule has 1 aromatic heterocycles. The van der Waals surface area contributed by atoms with Crippen molar-refractivity contribution < 1.29 is 0 Å². The summed E-state index contributed by atoms with van der Waals surface area (Å²) in [6.07, 6.45) is 8.69. The Morgan fingerprint density at radius 1 is 1.20 bits per heavy atom. The minimum atomic E-state index is 0.665. The first-order valence-electron chi connectivity index (χ1n) is 7.95. The van der Waals surface area contributed by atoms with Crippen LogP contribution in [0.3, 0.4) is 0 Å². The molecule has 1 heterocycles. The van der Waals surface area contributed by atoms with Crippen molar-refractivity contribution in [2.45, 2.75) is 51.0 Å². The van der Waals surface area contributed by atoms with Gasteiger partial charge in [0, 0.05) is 17.6 Å². The second-order valence-corrected chi connectivity index (χ2v) is 5.93. The average Bonchev–Trinajstić information content (AvgIpc) is 2.73. The van der Waals surface area contributed by atoms with E-state index in [2.05, 4.69) is 53.8 Å². The zero-order chi connectivity index (χ0) is 13.8. The Kier molecular flexibility index (Phi) is 4.31. The minimum Gasteiger partial charge on any atom is -0.314 e. The second-order valence-electron chi connectivity index (χ2n) is 5.93. The summed E-state index contributed by atoms with van der Waals surface area (Å²) in [6, 6.07) is 11.4. The van der Waals surface area contributed by atoms with Gasteiger partial charge in [-0.1, -0.05) is 38.0 Å². The fourth-order valence-electron chi connectivity index (χ4n) is 3.45. The summed E-state index contributed by atoms with van der Waals surface area (Å²) in [4.78, 5) is 4.64. The molecule has 1 aliphatic rings. The van der Waals surface area contributed by atoms with E-state index in [1.807, 2.05) is 0 Å². The van der Waals surface area contributed by atoms with Crippen molar-refractivity contribution in [3.8, 4) is 0 Å². The number of rotatable bonds is 3. The second kappa shape index (κ2) is 6.36. The van der Waals surface area contributed by atoms with Gasteiger partial charge in [0.25, 0.3) is 0 Å². The summed E-state index contributed by atoms with van der Waals surface area (Å²) in [7, 11) is 0. The molecule has 2 unspecified atom stereocenters. The minimum absolute atomic E-state index is 0.665. The molecule has 3 rings (SSSR count). The normalized spacial score (nSPS) is 23.6. The molecule has 20 heavy (non-hydrogen) atoms. The largest absolute Gasteiger partial charge is 0.314 e. The number of hydrogen-bond acceptors (Lipinski definition) is 2. The third-order valence-corrected chi connectivity index (χ3v) is 4.50. The van der Waals surface area contributed by atoms with Gasteiger partial charge in [0.05, 0.1) is 5.52 Å². The number of hydrogen-bond donors (Lipinski definition) is 1. The number of benzene rings is 1. The van der Waals surface area contributed by atoms with Gasteiger partial charge in [0.15, 0.2) is 0 Å². The SMILES string of the molecule is CCNC1CCCCC(c2cnc3ccccc3c2)C1. The molecule has 0 saturated heterocycles. The van der Waals surface area contributed by atoms with Crippen molar-refractivity contribution in [1.29, 1.82) is 0 Å². The van der Waals surface area contributed by atoms with Crippen LogP contribution in [0.25, 0.3) is 10.9 Å². The molecule has 106 valence electrons. The maximum Gasteiger partial charge on any atom is 0.0702 e. The van der Waals surface area contributed by atoms with Crippen LogP contribution in [-0.2, 0) is 0 Å². The Labute approximate surface area is 121 Å². The first-order chi connectivity index (χ1) is 9.86. The molecule has 0 radical (unpaired) electrons. The molecule has 1 aliphatic carbocycles. The third-order valence-electron chi connectivity index (χ3n) is 4.50. The zero-order valence-corrected chi connectivity index (χ0v) is 12.3. The number of nitrogens with one attached hydrogen (secondary N) is 1. The fraction of sp³-hybridized carbons (Fsp3) is 0.500. The van der Waals surface area contributed by atoms with Gasteiger partial charge in [-0.15, -0.1) is 0 Å². The number of fused-ring (bicyclic) bond motifs is 1. The Balaban J connectivity index is 1.84. The maximum absolute atomic E-state index is 4.64. The first kappa shape index (κ1) is 13.6. The van der Waals surface area contributed by atoms with E-state index in [-0.39, 0.29) is 0 Å².